The van der Waals surface area contributed by atoms with E-state index in [0.717, 1.165) is 5.69 Å². The average Bonchev–Trinajstić information content (AvgIpc) is 3.14. The second kappa shape index (κ2) is 9.23. The summed E-state index contributed by atoms with van der Waals surface area (Å²) in [6.07, 6.45) is 1.66. The first-order valence-electron chi connectivity index (χ1n) is 11.1. The van der Waals surface area contributed by atoms with Crippen LogP contribution in [0.2, 0.25) is 0 Å². The summed E-state index contributed by atoms with van der Waals surface area (Å²) in [4.78, 5) is 18.1. The maximum absolute atomic E-state index is 13.2. The molecule has 0 aliphatic rings. The number of carbonyl (C=O) groups is 1. The summed E-state index contributed by atoms with van der Waals surface area (Å²) in [5, 5.41) is 7.98. The van der Waals surface area contributed by atoms with Gasteiger partial charge in [0.05, 0.1) is 22.0 Å². The lowest BCUT2D eigenvalue weighted by molar-refractivity contribution is 0.0952. The van der Waals surface area contributed by atoms with Gasteiger partial charge in [-0.25, -0.2) is 22.8 Å². The molecule has 0 aliphatic heterocycles. The van der Waals surface area contributed by atoms with Crippen LogP contribution in [0, 0.1) is 0 Å². The molecule has 0 aliphatic carbocycles. The van der Waals surface area contributed by atoms with Gasteiger partial charge in [-0.3, -0.25) is 4.79 Å². The lowest BCUT2D eigenvalue weighted by atomic mass is 10.0. The Labute approximate surface area is 195 Å². The molecule has 9 heteroatoms. The highest BCUT2D eigenvalue weighted by Crippen LogP contribution is 2.25. The van der Waals surface area contributed by atoms with Crippen LogP contribution in [0.4, 0.5) is 0 Å². The molecular weight excluding hydrogens is 438 g/mol. The number of rotatable bonds is 7. The van der Waals surface area contributed by atoms with Crippen LogP contribution in [-0.4, -0.2) is 34.6 Å². The Morgan fingerprint density at radius 3 is 2.39 bits per heavy atom. The minimum Gasteiger partial charge on any atom is -0.348 e. The smallest absolute Gasteiger partial charge is 0.252 e. The van der Waals surface area contributed by atoms with E-state index in [2.05, 4.69) is 15.1 Å². The number of carbonyl (C=O) groups excluding carboxylic acids is 1. The van der Waals surface area contributed by atoms with Crippen molar-refractivity contribution in [1.29, 1.82) is 0 Å². The molecule has 33 heavy (non-hydrogen) atoms. The molecule has 1 amide bonds. The molecule has 2 heterocycles. The van der Waals surface area contributed by atoms with Crippen LogP contribution in [-0.2, 0) is 16.6 Å². The Morgan fingerprint density at radius 1 is 1.12 bits per heavy atom. The second-order valence-electron chi connectivity index (χ2n) is 9.82. The first-order chi connectivity index (χ1) is 15.3. The Bertz CT molecular complexity index is 1270. The van der Waals surface area contributed by atoms with Gasteiger partial charge in [-0.2, -0.15) is 5.10 Å². The number of nitrogens with zero attached hydrogens (tertiary/aromatic N) is 3. The van der Waals surface area contributed by atoms with Crippen molar-refractivity contribution in [2.75, 3.05) is 0 Å². The van der Waals surface area contributed by atoms with E-state index in [0.29, 0.717) is 22.2 Å². The van der Waals surface area contributed by atoms with Crippen molar-refractivity contribution in [3.63, 3.8) is 0 Å². The van der Waals surface area contributed by atoms with Crippen molar-refractivity contribution in [3.8, 4) is 0 Å². The summed E-state index contributed by atoms with van der Waals surface area (Å²) < 4.78 is 30.3. The van der Waals surface area contributed by atoms with E-state index in [-0.39, 0.29) is 29.3 Å². The van der Waals surface area contributed by atoms with Crippen LogP contribution in [0.25, 0.3) is 11.0 Å². The Balaban J connectivity index is 1.94. The van der Waals surface area contributed by atoms with Gasteiger partial charge in [-0.05, 0) is 58.2 Å². The van der Waals surface area contributed by atoms with Crippen molar-refractivity contribution < 1.29 is 13.2 Å². The zero-order valence-electron chi connectivity index (χ0n) is 20.3. The van der Waals surface area contributed by atoms with Crippen LogP contribution in [0.5, 0.6) is 0 Å². The van der Waals surface area contributed by atoms with Gasteiger partial charge in [0.2, 0.25) is 10.0 Å². The van der Waals surface area contributed by atoms with Gasteiger partial charge < -0.3 is 5.32 Å². The van der Waals surface area contributed by atoms with Crippen molar-refractivity contribution in [1.82, 2.24) is 24.8 Å². The Hall–Kier alpha value is -2.78. The molecule has 8 nitrogen and oxygen atoms in total. The highest BCUT2D eigenvalue weighted by Gasteiger charge is 2.25. The number of fused-ring (bicyclic) bond motifs is 1. The first-order valence-corrected chi connectivity index (χ1v) is 12.6. The molecule has 0 bridgehead atoms. The molecule has 0 unspecified atom stereocenters. The molecule has 0 saturated carbocycles. The molecule has 3 rings (SSSR count). The topological polar surface area (TPSA) is 106 Å². The van der Waals surface area contributed by atoms with Crippen molar-refractivity contribution in [3.05, 3.63) is 53.3 Å². The highest BCUT2D eigenvalue weighted by atomic mass is 32.2. The number of sulfonamides is 1. The van der Waals surface area contributed by atoms with Gasteiger partial charge >= 0.3 is 0 Å². The number of hydrogen-bond donors (Lipinski definition) is 2. The number of hydrogen-bond acceptors (Lipinski definition) is 5. The fourth-order valence-corrected chi connectivity index (χ4v) is 5.20. The normalized spacial score (nSPS) is 12.6. The van der Waals surface area contributed by atoms with Crippen molar-refractivity contribution in [2.24, 2.45) is 0 Å². The fraction of sp³-hybridized carbons (Fsp3) is 0.458. The van der Waals surface area contributed by atoms with Crippen LogP contribution in [0.3, 0.4) is 0 Å². The average molecular weight is 472 g/mol. The number of benzene rings is 1. The number of nitrogens with one attached hydrogen (secondary N) is 2. The molecule has 2 aromatic heterocycles. The minimum absolute atomic E-state index is 0.0687. The third kappa shape index (κ3) is 5.59. The Morgan fingerprint density at radius 2 is 1.79 bits per heavy atom. The van der Waals surface area contributed by atoms with Gasteiger partial charge in [-0.15, -0.1) is 0 Å². The SMILES string of the molecule is CC(C)c1cc(C(=O)NCc2ccccc2S(=O)(=O)NC(C)(C)C)c2cnn(C(C)C)c2n1. The van der Waals surface area contributed by atoms with Gasteiger partial charge in [0, 0.05) is 23.8 Å². The lowest BCUT2D eigenvalue weighted by Gasteiger charge is -2.21. The molecule has 2 N–H and O–H groups in total. The summed E-state index contributed by atoms with van der Waals surface area (Å²) in [5.74, 6) is -0.172. The van der Waals surface area contributed by atoms with E-state index < -0.39 is 15.6 Å². The zero-order chi connectivity index (χ0) is 24.6. The maximum Gasteiger partial charge on any atom is 0.252 e. The number of amides is 1. The molecule has 0 spiro atoms. The summed E-state index contributed by atoms with van der Waals surface area (Å²) in [7, 11) is -3.74. The molecule has 0 atom stereocenters. The summed E-state index contributed by atoms with van der Waals surface area (Å²) >= 11 is 0. The third-order valence-electron chi connectivity index (χ3n) is 5.05. The monoisotopic (exact) mass is 471 g/mol. The number of pyridine rings is 1. The Kier molecular flexibility index (Phi) is 6.95. The molecule has 0 radical (unpaired) electrons. The van der Waals surface area contributed by atoms with Crippen molar-refractivity contribution in [2.45, 2.75) is 77.4 Å². The largest absolute Gasteiger partial charge is 0.348 e. The van der Waals surface area contributed by atoms with Crippen LogP contribution < -0.4 is 10.0 Å². The van der Waals surface area contributed by atoms with Gasteiger partial charge in [0.25, 0.3) is 5.91 Å². The van der Waals surface area contributed by atoms with E-state index in [1.54, 1.807) is 62.0 Å². The summed E-state index contributed by atoms with van der Waals surface area (Å²) in [6.45, 7) is 13.5. The van der Waals surface area contributed by atoms with Crippen molar-refractivity contribution >= 4 is 27.0 Å². The maximum atomic E-state index is 13.2. The first kappa shape index (κ1) is 24.9. The van der Waals surface area contributed by atoms with Crippen LogP contribution in [0.1, 0.15) is 82.0 Å². The van der Waals surface area contributed by atoms with E-state index in [1.807, 2.05) is 27.7 Å². The molecule has 0 saturated heterocycles. The van der Waals surface area contributed by atoms with Crippen LogP contribution in [0.15, 0.2) is 41.4 Å². The third-order valence-corrected chi connectivity index (χ3v) is 6.91. The highest BCUT2D eigenvalue weighted by molar-refractivity contribution is 7.89. The van der Waals surface area contributed by atoms with E-state index in [9.17, 15) is 13.2 Å². The predicted molar refractivity (Wildman–Crippen MR) is 130 cm³/mol. The quantitative estimate of drug-likeness (QED) is 0.539. The molecule has 0 fully saturated rings. The summed E-state index contributed by atoms with van der Waals surface area (Å²) in [6, 6.07) is 8.56. The van der Waals surface area contributed by atoms with Crippen LogP contribution >= 0.6 is 0 Å². The fourth-order valence-electron chi connectivity index (χ4n) is 3.54. The number of aromatic nitrogens is 3. The van der Waals surface area contributed by atoms with Gasteiger partial charge in [-0.1, -0.05) is 32.0 Å². The lowest BCUT2D eigenvalue weighted by Crippen LogP contribution is -2.41. The summed E-state index contributed by atoms with van der Waals surface area (Å²) in [5.41, 5.74) is 1.83. The molecule has 3 aromatic rings. The second-order valence-corrected chi connectivity index (χ2v) is 11.5. The zero-order valence-corrected chi connectivity index (χ0v) is 21.1. The molecule has 178 valence electrons. The van der Waals surface area contributed by atoms with Gasteiger partial charge in [0.1, 0.15) is 0 Å². The predicted octanol–water partition coefficient (Wildman–Crippen LogP) is 4.14. The standard InChI is InChI=1S/C24H33N5O3S/c1-15(2)20-12-18(19-14-26-29(16(3)4)22(19)27-20)23(30)25-13-17-10-8-9-11-21(17)33(31,32)28-24(5,6)7/h8-12,14-16,28H,13H2,1-7H3,(H,25,30). The molecule has 1 aromatic carbocycles. The molecular formula is C24H33N5O3S. The van der Waals surface area contributed by atoms with E-state index in [1.165, 1.54) is 0 Å². The van der Waals surface area contributed by atoms with E-state index >= 15 is 0 Å². The van der Waals surface area contributed by atoms with E-state index in [4.69, 9.17) is 4.98 Å². The minimum atomic E-state index is -3.74. The van der Waals surface area contributed by atoms with Gasteiger partial charge in [0.15, 0.2) is 5.65 Å².